The fraction of sp³-hybridized carbons (Fsp3) is 0.200. The Balaban J connectivity index is 1.51. The average Bonchev–Trinajstić information content (AvgIpc) is 3.23. The topological polar surface area (TPSA) is 88.2 Å². The SMILES string of the molecule is CC(NS(C)(=O)=O)C(=O)Nc1nc(-c2ccc3c(c2)Cc2ccccc2-3)cs1. The van der Waals surface area contributed by atoms with Crippen molar-refractivity contribution in [3.63, 3.8) is 0 Å². The van der Waals surface area contributed by atoms with Gasteiger partial charge in [-0.1, -0.05) is 36.4 Å². The van der Waals surface area contributed by atoms with Crippen LogP contribution in [0.4, 0.5) is 5.13 Å². The second-order valence-electron chi connectivity index (χ2n) is 6.84. The molecule has 1 aromatic heterocycles. The third kappa shape index (κ3) is 3.84. The molecule has 1 aliphatic rings. The number of amides is 1. The monoisotopic (exact) mass is 413 g/mol. The van der Waals surface area contributed by atoms with Gasteiger partial charge in [-0.15, -0.1) is 11.3 Å². The lowest BCUT2D eigenvalue weighted by atomic mass is 10.0. The van der Waals surface area contributed by atoms with E-state index in [1.807, 2.05) is 11.4 Å². The van der Waals surface area contributed by atoms with Gasteiger partial charge >= 0.3 is 0 Å². The van der Waals surface area contributed by atoms with Crippen LogP contribution in [-0.2, 0) is 21.2 Å². The molecule has 1 unspecified atom stereocenters. The lowest BCUT2D eigenvalue weighted by Crippen LogP contribution is -2.40. The number of nitrogens with zero attached hydrogens (tertiary/aromatic N) is 1. The standard InChI is InChI=1S/C20H19N3O3S2/c1-12(23-28(2,25)26)19(24)22-20-21-18(11-27-20)14-7-8-17-15(10-14)9-13-5-3-4-6-16(13)17/h3-8,10-12,23H,9H2,1-2H3,(H,21,22,24). The second-order valence-corrected chi connectivity index (χ2v) is 9.48. The maximum Gasteiger partial charge on any atom is 0.244 e. The highest BCUT2D eigenvalue weighted by Crippen LogP contribution is 2.38. The number of sulfonamides is 1. The van der Waals surface area contributed by atoms with Crippen molar-refractivity contribution in [2.75, 3.05) is 11.6 Å². The van der Waals surface area contributed by atoms with Crippen LogP contribution in [0.1, 0.15) is 18.1 Å². The molecule has 0 spiro atoms. The molecular weight excluding hydrogens is 394 g/mol. The Labute approximate surface area is 167 Å². The third-order valence-electron chi connectivity index (χ3n) is 4.61. The number of hydrogen-bond donors (Lipinski definition) is 2. The van der Waals surface area contributed by atoms with E-state index in [2.05, 4.69) is 51.4 Å². The highest BCUT2D eigenvalue weighted by molar-refractivity contribution is 7.88. The van der Waals surface area contributed by atoms with E-state index in [4.69, 9.17) is 0 Å². The van der Waals surface area contributed by atoms with Crippen molar-refractivity contribution in [2.24, 2.45) is 0 Å². The van der Waals surface area contributed by atoms with E-state index in [-0.39, 0.29) is 0 Å². The lowest BCUT2D eigenvalue weighted by molar-refractivity contribution is -0.117. The summed E-state index contributed by atoms with van der Waals surface area (Å²) in [6, 6.07) is 13.8. The molecule has 0 aliphatic heterocycles. The van der Waals surface area contributed by atoms with E-state index in [0.29, 0.717) is 5.13 Å². The zero-order valence-electron chi connectivity index (χ0n) is 15.4. The summed E-state index contributed by atoms with van der Waals surface area (Å²) in [5, 5.41) is 4.98. The molecule has 0 fully saturated rings. The molecule has 8 heteroatoms. The molecule has 4 rings (SSSR count). The largest absolute Gasteiger partial charge is 0.301 e. The summed E-state index contributed by atoms with van der Waals surface area (Å²) in [6.45, 7) is 1.49. The first-order valence-electron chi connectivity index (χ1n) is 8.75. The van der Waals surface area contributed by atoms with Crippen LogP contribution in [0.25, 0.3) is 22.4 Å². The van der Waals surface area contributed by atoms with Gasteiger partial charge in [0.25, 0.3) is 0 Å². The van der Waals surface area contributed by atoms with Crippen LogP contribution in [0.3, 0.4) is 0 Å². The van der Waals surface area contributed by atoms with E-state index in [1.165, 1.54) is 40.5 Å². The molecule has 0 saturated carbocycles. The summed E-state index contributed by atoms with van der Waals surface area (Å²) in [5.74, 6) is -0.448. The molecule has 1 aliphatic carbocycles. The number of aromatic nitrogens is 1. The number of carbonyl (C=O) groups excluding carboxylic acids is 1. The Bertz CT molecular complexity index is 1170. The average molecular weight is 414 g/mol. The molecule has 0 bridgehead atoms. The smallest absolute Gasteiger partial charge is 0.244 e. The van der Waals surface area contributed by atoms with Gasteiger partial charge in [0.2, 0.25) is 15.9 Å². The molecule has 0 radical (unpaired) electrons. The number of rotatable bonds is 5. The van der Waals surface area contributed by atoms with Crippen LogP contribution in [-0.4, -0.2) is 31.6 Å². The van der Waals surface area contributed by atoms with E-state index in [0.717, 1.165) is 23.9 Å². The van der Waals surface area contributed by atoms with Gasteiger partial charge in [-0.25, -0.2) is 18.1 Å². The van der Waals surface area contributed by atoms with Crippen molar-refractivity contribution < 1.29 is 13.2 Å². The zero-order valence-corrected chi connectivity index (χ0v) is 17.0. The van der Waals surface area contributed by atoms with Gasteiger partial charge in [0.1, 0.15) is 0 Å². The molecular formula is C20H19N3O3S2. The number of fused-ring (bicyclic) bond motifs is 3. The summed E-state index contributed by atoms with van der Waals surface area (Å²) in [5.41, 5.74) is 6.90. The normalized spacial score (nSPS) is 13.6. The van der Waals surface area contributed by atoms with Gasteiger partial charge in [0.05, 0.1) is 18.0 Å². The predicted molar refractivity (Wildman–Crippen MR) is 112 cm³/mol. The number of benzene rings is 2. The molecule has 0 saturated heterocycles. The van der Waals surface area contributed by atoms with E-state index >= 15 is 0 Å². The fourth-order valence-electron chi connectivity index (χ4n) is 3.36. The third-order valence-corrected chi connectivity index (χ3v) is 6.15. The minimum Gasteiger partial charge on any atom is -0.301 e. The van der Waals surface area contributed by atoms with Crippen molar-refractivity contribution in [1.82, 2.24) is 9.71 Å². The Hall–Kier alpha value is -2.55. The van der Waals surface area contributed by atoms with Crippen molar-refractivity contribution in [3.05, 3.63) is 59.0 Å². The summed E-state index contributed by atoms with van der Waals surface area (Å²) in [6.07, 6.45) is 1.92. The molecule has 1 heterocycles. The molecule has 28 heavy (non-hydrogen) atoms. The van der Waals surface area contributed by atoms with Crippen LogP contribution in [0.15, 0.2) is 47.8 Å². The summed E-state index contributed by atoms with van der Waals surface area (Å²) >= 11 is 1.31. The molecule has 2 N–H and O–H groups in total. The fourth-order valence-corrected chi connectivity index (χ4v) is 4.83. The van der Waals surface area contributed by atoms with Crippen LogP contribution in [0.5, 0.6) is 0 Å². The molecule has 1 amide bonds. The quantitative estimate of drug-likeness (QED) is 0.526. The van der Waals surface area contributed by atoms with Crippen LogP contribution >= 0.6 is 11.3 Å². The van der Waals surface area contributed by atoms with Crippen molar-refractivity contribution in [3.8, 4) is 22.4 Å². The zero-order chi connectivity index (χ0) is 19.9. The first kappa shape index (κ1) is 18.8. The Kier molecular flexibility index (Phi) is 4.78. The Morgan fingerprint density at radius 3 is 2.68 bits per heavy atom. The molecule has 1 atom stereocenters. The van der Waals surface area contributed by atoms with Gasteiger partial charge in [-0.3, -0.25) is 4.79 Å². The Morgan fingerprint density at radius 1 is 1.14 bits per heavy atom. The highest BCUT2D eigenvalue weighted by Gasteiger charge is 2.20. The Morgan fingerprint density at radius 2 is 1.89 bits per heavy atom. The van der Waals surface area contributed by atoms with Gasteiger partial charge in [-0.2, -0.15) is 0 Å². The molecule has 6 nitrogen and oxygen atoms in total. The second kappa shape index (κ2) is 7.12. The van der Waals surface area contributed by atoms with Crippen LogP contribution in [0, 0.1) is 0 Å². The van der Waals surface area contributed by atoms with Crippen LogP contribution < -0.4 is 10.0 Å². The predicted octanol–water partition coefficient (Wildman–Crippen LogP) is 3.26. The first-order chi connectivity index (χ1) is 13.3. The minimum absolute atomic E-state index is 0.436. The summed E-state index contributed by atoms with van der Waals surface area (Å²) in [4.78, 5) is 16.6. The molecule has 144 valence electrons. The molecule has 2 aromatic carbocycles. The number of nitrogens with one attached hydrogen (secondary N) is 2. The molecule has 3 aromatic rings. The number of hydrogen-bond acceptors (Lipinski definition) is 5. The number of anilines is 1. The maximum absolute atomic E-state index is 12.1. The number of thiazole rings is 1. The first-order valence-corrected chi connectivity index (χ1v) is 11.5. The van der Waals surface area contributed by atoms with Gasteiger partial charge in [0, 0.05) is 10.9 Å². The van der Waals surface area contributed by atoms with E-state index in [9.17, 15) is 13.2 Å². The highest BCUT2D eigenvalue weighted by atomic mass is 32.2. The van der Waals surface area contributed by atoms with Crippen molar-refractivity contribution in [1.29, 1.82) is 0 Å². The lowest BCUT2D eigenvalue weighted by Gasteiger charge is -2.10. The van der Waals surface area contributed by atoms with Crippen molar-refractivity contribution >= 4 is 32.4 Å². The van der Waals surface area contributed by atoms with Gasteiger partial charge in [-0.05, 0) is 41.7 Å². The van der Waals surface area contributed by atoms with Gasteiger partial charge in [0.15, 0.2) is 5.13 Å². The number of carbonyl (C=O) groups is 1. The van der Waals surface area contributed by atoms with Crippen LogP contribution in [0.2, 0.25) is 0 Å². The maximum atomic E-state index is 12.1. The summed E-state index contributed by atoms with van der Waals surface area (Å²) < 4.78 is 24.8. The van der Waals surface area contributed by atoms with Gasteiger partial charge < -0.3 is 5.32 Å². The van der Waals surface area contributed by atoms with E-state index in [1.54, 1.807) is 0 Å². The summed E-state index contributed by atoms with van der Waals surface area (Å²) in [7, 11) is -3.45. The van der Waals surface area contributed by atoms with E-state index < -0.39 is 22.0 Å². The minimum atomic E-state index is -3.45. The van der Waals surface area contributed by atoms with Crippen molar-refractivity contribution in [2.45, 2.75) is 19.4 Å².